The van der Waals surface area contributed by atoms with Gasteiger partial charge < -0.3 is 20.5 Å². The number of aryl methyl sites for hydroxylation is 1. The number of benzene rings is 3. The topological polar surface area (TPSA) is 102 Å². The van der Waals surface area contributed by atoms with Crippen molar-refractivity contribution in [3.63, 3.8) is 0 Å². The number of carbonyl (C=O) groups is 2. The van der Waals surface area contributed by atoms with Crippen LogP contribution in [0.4, 0.5) is 0 Å². The van der Waals surface area contributed by atoms with Crippen molar-refractivity contribution in [3.05, 3.63) is 118 Å². The Hall–Kier alpha value is -4.36. The van der Waals surface area contributed by atoms with E-state index in [0.29, 0.717) is 29.3 Å². The molecule has 39 heavy (non-hydrogen) atoms. The highest BCUT2D eigenvalue weighted by Crippen LogP contribution is 2.34. The molecular formula is C31H30ClN3O4. The quantitative estimate of drug-likeness (QED) is 0.178. The molecule has 1 amide bonds. The van der Waals surface area contributed by atoms with E-state index in [9.17, 15) is 14.8 Å². The van der Waals surface area contributed by atoms with Crippen molar-refractivity contribution in [2.75, 3.05) is 20.1 Å². The molecule has 0 saturated carbocycles. The summed E-state index contributed by atoms with van der Waals surface area (Å²) in [6.07, 6.45) is 6.41. The Balaban J connectivity index is 1.61. The number of carboxylic acid groups (broad SMARTS) is 1. The first-order valence-corrected chi connectivity index (χ1v) is 12.9. The number of hydrogen-bond acceptors (Lipinski definition) is 5. The van der Waals surface area contributed by atoms with E-state index in [2.05, 4.69) is 22.6 Å². The molecule has 0 saturated heterocycles. The van der Waals surface area contributed by atoms with E-state index in [-0.39, 0.29) is 5.92 Å². The molecule has 0 spiro atoms. The van der Waals surface area contributed by atoms with Crippen molar-refractivity contribution in [2.45, 2.75) is 19.3 Å². The standard InChI is InChI=1S/C31H30ClN3O4/c1-20-16-26(32)13-14-27(20)28(17-29(34-39)25-4-3-15-35(2)19-25)23-9-5-21(6-10-23)22-7-11-24(12-8-22)31(38)33-18-30(36)37/h3-16,28,39H,17-19H2,1-2H3,(H,33,38)(H,36,37). The number of likely N-dealkylation sites (N-methyl/N-ethyl adjacent to an activating group) is 1. The molecule has 0 aliphatic carbocycles. The molecule has 3 N–H and O–H groups in total. The SMILES string of the molecule is Cc1cc(Cl)ccc1C(CC(=NO)C1=CC=CN(C)C1)c1ccc(-c2ccc(C(=O)NCC(=O)O)cc2)cc1. The molecule has 4 rings (SSSR count). The van der Waals surface area contributed by atoms with Crippen LogP contribution in [0.1, 0.15) is 39.4 Å². The summed E-state index contributed by atoms with van der Waals surface area (Å²) >= 11 is 6.25. The van der Waals surface area contributed by atoms with Crippen molar-refractivity contribution in [1.82, 2.24) is 10.2 Å². The highest BCUT2D eigenvalue weighted by atomic mass is 35.5. The fraction of sp³-hybridized carbons (Fsp3) is 0.194. The molecule has 0 fully saturated rings. The van der Waals surface area contributed by atoms with Gasteiger partial charge in [0.2, 0.25) is 0 Å². The van der Waals surface area contributed by atoms with Gasteiger partial charge in [0.05, 0.1) is 5.71 Å². The van der Waals surface area contributed by atoms with Crippen molar-refractivity contribution < 1.29 is 19.9 Å². The predicted molar refractivity (Wildman–Crippen MR) is 154 cm³/mol. The Bertz CT molecular complexity index is 1440. The number of amides is 1. The number of halogens is 1. The van der Waals surface area contributed by atoms with Crippen LogP contribution in [0.2, 0.25) is 5.02 Å². The van der Waals surface area contributed by atoms with Gasteiger partial charge in [-0.3, -0.25) is 9.59 Å². The third-order valence-corrected chi connectivity index (χ3v) is 6.98. The van der Waals surface area contributed by atoms with Crippen molar-refractivity contribution in [1.29, 1.82) is 0 Å². The zero-order valence-electron chi connectivity index (χ0n) is 21.8. The van der Waals surface area contributed by atoms with Gasteiger partial charge in [-0.2, -0.15) is 0 Å². The molecule has 0 radical (unpaired) electrons. The Morgan fingerprint density at radius 3 is 2.31 bits per heavy atom. The molecule has 1 aliphatic rings. The van der Waals surface area contributed by atoms with Gasteiger partial charge in [-0.15, -0.1) is 0 Å². The van der Waals surface area contributed by atoms with E-state index >= 15 is 0 Å². The van der Waals surface area contributed by atoms with Gasteiger partial charge in [0.25, 0.3) is 5.91 Å². The van der Waals surface area contributed by atoms with Crippen LogP contribution in [0.25, 0.3) is 11.1 Å². The summed E-state index contributed by atoms with van der Waals surface area (Å²) in [4.78, 5) is 24.9. The Morgan fingerprint density at radius 2 is 1.72 bits per heavy atom. The molecule has 200 valence electrons. The van der Waals surface area contributed by atoms with Gasteiger partial charge in [0.1, 0.15) is 6.54 Å². The molecule has 1 atom stereocenters. The summed E-state index contributed by atoms with van der Waals surface area (Å²) in [6.45, 7) is 2.26. The maximum absolute atomic E-state index is 12.1. The molecule has 1 aliphatic heterocycles. The van der Waals surface area contributed by atoms with Crippen molar-refractivity contribution in [2.24, 2.45) is 5.16 Å². The highest BCUT2D eigenvalue weighted by Gasteiger charge is 2.22. The lowest BCUT2D eigenvalue weighted by molar-refractivity contribution is -0.135. The summed E-state index contributed by atoms with van der Waals surface area (Å²) in [5, 5.41) is 25.4. The van der Waals surface area contributed by atoms with Crippen LogP contribution >= 0.6 is 11.6 Å². The second kappa shape index (κ2) is 12.5. The van der Waals surface area contributed by atoms with Crippen LogP contribution < -0.4 is 5.32 Å². The number of oxime groups is 1. The summed E-state index contributed by atoms with van der Waals surface area (Å²) in [5.74, 6) is -1.60. The molecular weight excluding hydrogens is 514 g/mol. The number of hydrogen-bond donors (Lipinski definition) is 3. The molecule has 0 aromatic heterocycles. The van der Waals surface area contributed by atoms with E-state index in [1.807, 2.05) is 79.7 Å². The second-order valence-corrected chi connectivity index (χ2v) is 9.97. The summed E-state index contributed by atoms with van der Waals surface area (Å²) in [5.41, 5.74) is 7.11. The first-order valence-electron chi connectivity index (χ1n) is 12.5. The van der Waals surface area contributed by atoms with Crippen LogP contribution in [0.15, 0.2) is 95.8 Å². The highest BCUT2D eigenvalue weighted by molar-refractivity contribution is 6.30. The van der Waals surface area contributed by atoms with Crippen LogP contribution in [-0.4, -0.2) is 52.9 Å². The molecule has 0 bridgehead atoms. The maximum Gasteiger partial charge on any atom is 0.322 e. The van der Waals surface area contributed by atoms with Crippen molar-refractivity contribution >= 4 is 29.2 Å². The monoisotopic (exact) mass is 543 g/mol. The number of allylic oxidation sites excluding steroid dienone is 2. The average molecular weight is 544 g/mol. The van der Waals surface area contributed by atoms with Crippen LogP contribution in [0.5, 0.6) is 0 Å². The molecule has 3 aromatic rings. The maximum atomic E-state index is 12.1. The number of carbonyl (C=O) groups excluding carboxylic acids is 1. The third-order valence-electron chi connectivity index (χ3n) is 6.75. The van der Waals surface area contributed by atoms with E-state index < -0.39 is 18.4 Å². The zero-order valence-corrected chi connectivity index (χ0v) is 22.5. The normalized spacial score (nSPS) is 14.1. The number of aliphatic carboxylic acids is 1. The predicted octanol–water partition coefficient (Wildman–Crippen LogP) is 5.87. The third kappa shape index (κ3) is 6.94. The minimum absolute atomic E-state index is 0.0698. The molecule has 1 heterocycles. The number of nitrogens with one attached hydrogen (secondary N) is 1. The first-order chi connectivity index (χ1) is 18.7. The lowest BCUT2D eigenvalue weighted by Gasteiger charge is -2.25. The zero-order chi connectivity index (χ0) is 27.9. The smallest absolute Gasteiger partial charge is 0.322 e. The van der Waals surface area contributed by atoms with Crippen LogP contribution in [0.3, 0.4) is 0 Å². The van der Waals surface area contributed by atoms with Gasteiger partial charge in [0, 0.05) is 36.5 Å². The second-order valence-electron chi connectivity index (χ2n) is 9.53. The van der Waals surface area contributed by atoms with E-state index in [1.165, 1.54) is 0 Å². The summed E-state index contributed by atoms with van der Waals surface area (Å²) in [7, 11) is 1.98. The van der Waals surface area contributed by atoms with E-state index in [4.69, 9.17) is 16.7 Å². The van der Waals surface area contributed by atoms with E-state index in [0.717, 1.165) is 33.4 Å². The lowest BCUT2D eigenvalue weighted by atomic mass is 9.82. The first kappa shape index (κ1) is 27.7. The van der Waals surface area contributed by atoms with Gasteiger partial charge in [-0.05, 0) is 76.9 Å². The Morgan fingerprint density at radius 1 is 1.05 bits per heavy atom. The van der Waals surface area contributed by atoms with Gasteiger partial charge in [0.15, 0.2) is 0 Å². The largest absolute Gasteiger partial charge is 0.480 e. The summed E-state index contributed by atoms with van der Waals surface area (Å²) in [6, 6.07) is 21.1. The van der Waals surface area contributed by atoms with Crippen LogP contribution in [-0.2, 0) is 4.79 Å². The van der Waals surface area contributed by atoms with Gasteiger partial charge in [-0.25, -0.2) is 0 Å². The number of rotatable bonds is 9. The molecule has 8 heteroatoms. The average Bonchev–Trinajstić information content (AvgIpc) is 2.93. The molecule has 7 nitrogen and oxygen atoms in total. The number of nitrogens with zero attached hydrogens (tertiary/aromatic N) is 2. The van der Waals surface area contributed by atoms with Crippen LogP contribution in [0, 0.1) is 6.92 Å². The minimum Gasteiger partial charge on any atom is -0.480 e. The van der Waals surface area contributed by atoms with Gasteiger partial charge >= 0.3 is 5.97 Å². The Kier molecular flexibility index (Phi) is 8.84. The fourth-order valence-electron chi connectivity index (χ4n) is 4.71. The minimum atomic E-state index is -1.09. The lowest BCUT2D eigenvalue weighted by Crippen LogP contribution is -2.29. The Labute approximate surface area is 232 Å². The number of carboxylic acids is 1. The molecule has 1 unspecified atom stereocenters. The van der Waals surface area contributed by atoms with E-state index in [1.54, 1.807) is 12.1 Å². The summed E-state index contributed by atoms with van der Waals surface area (Å²) < 4.78 is 0. The van der Waals surface area contributed by atoms with Gasteiger partial charge in [-0.1, -0.05) is 65.3 Å². The molecule has 3 aromatic carbocycles. The van der Waals surface area contributed by atoms with Crippen molar-refractivity contribution in [3.8, 4) is 11.1 Å². The fourth-order valence-corrected chi connectivity index (χ4v) is 4.94.